The molecule has 0 spiro atoms. The van der Waals surface area contributed by atoms with Crippen molar-refractivity contribution in [3.8, 4) is 0 Å². The van der Waals surface area contributed by atoms with Crippen LogP contribution in [0.5, 0.6) is 0 Å². The van der Waals surface area contributed by atoms with E-state index >= 15 is 0 Å². The zero-order valence-electron chi connectivity index (χ0n) is 12.7. The van der Waals surface area contributed by atoms with Crippen molar-refractivity contribution in [2.45, 2.75) is 58.2 Å². The molecule has 4 heteroatoms. The van der Waals surface area contributed by atoms with E-state index in [4.69, 9.17) is 4.74 Å². The largest absolute Gasteiger partial charge is 0.386 e. The fourth-order valence-electron chi connectivity index (χ4n) is 3.21. The summed E-state index contributed by atoms with van der Waals surface area (Å²) in [6, 6.07) is 2.97. The molecule has 0 aromatic heterocycles. The lowest BCUT2D eigenvalue weighted by Gasteiger charge is -2.33. The summed E-state index contributed by atoms with van der Waals surface area (Å²) in [7, 11) is 0. The number of hydrogen-bond donors (Lipinski definition) is 1. The van der Waals surface area contributed by atoms with Crippen LogP contribution in [0.15, 0.2) is 12.1 Å². The smallest absolute Gasteiger partial charge is 0.164 e. The summed E-state index contributed by atoms with van der Waals surface area (Å²) in [6.45, 7) is 3.82. The third-order valence-corrected chi connectivity index (χ3v) is 4.41. The molecular weight excluding hydrogens is 274 g/mol. The molecule has 2 nitrogen and oxygen atoms in total. The molecule has 0 aliphatic heterocycles. The lowest BCUT2D eigenvalue weighted by molar-refractivity contribution is -0.0751. The second kappa shape index (κ2) is 7.32. The maximum absolute atomic E-state index is 14.1. The molecule has 2 unspecified atom stereocenters. The van der Waals surface area contributed by atoms with Gasteiger partial charge in [0, 0.05) is 12.2 Å². The minimum Gasteiger partial charge on any atom is -0.386 e. The summed E-state index contributed by atoms with van der Waals surface area (Å²) >= 11 is 0. The van der Waals surface area contributed by atoms with Crippen molar-refractivity contribution in [2.24, 2.45) is 5.92 Å². The number of aryl methyl sites for hydroxylation is 1. The predicted octanol–water partition coefficient (Wildman–Crippen LogP) is 4.29. The summed E-state index contributed by atoms with van der Waals surface area (Å²) in [5, 5.41) is 10.5. The van der Waals surface area contributed by atoms with Crippen LogP contribution in [0.25, 0.3) is 0 Å². The summed E-state index contributed by atoms with van der Waals surface area (Å²) in [6.07, 6.45) is 3.75. The van der Waals surface area contributed by atoms with Gasteiger partial charge in [-0.05, 0) is 38.2 Å². The summed E-state index contributed by atoms with van der Waals surface area (Å²) < 4.78 is 33.5. The molecule has 2 atom stereocenters. The van der Waals surface area contributed by atoms with E-state index in [9.17, 15) is 13.9 Å². The number of rotatable bonds is 5. The van der Waals surface area contributed by atoms with Crippen molar-refractivity contribution in [1.29, 1.82) is 0 Å². The van der Waals surface area contributed by atoms with E-state index in [-0.39, 0.29) is 17.0 Å². The Kier molecular flexibility index (Phi) is 5.71. The zero-order chi connectivity index (χ0) is 15.4. The Morgan fingerprint density at radius 3 is 2.48 bits per heavy atom. The minimum absolute atomic E-state index is 0.00197. The van der Waals surface area contributed by atoms with Gasteiger partial charge in [0.25, 0.3) is 0 Å². The Balaban J connectivity index is 2.25. The quantitative estimate of drug-likeness (QED) is 0.878. The van der Waals surface area contributed by atoms with Crippen molar-refractivity contribution in [1.82, 2.24) is 0 Å². The first kappa shape index (κ1) is 16.4. The van der Waals surface area contributed by atoms with Crippen LogP contribution in [-0.2, 0) is 4.74 Å². The Labute approximate surface area is 125 Å². The molecule has 2 rings (SSSR count). The standard InChI is InChI=1S/C17H24F2O2/c1-3-21-17(12-7-5-4-6-8-12)16(20)13-10-9-11(2)14(18)15(13)19/h9-10,12,16-17,20H,3-8H2,1-2H3. The molecule has 1 aromatic rings. The van der Waals surface area contributed by atoms with Gasteiger partial charge in [0.2, 0.25) is 0 Å². The van der Waals surface area contributed by atoms with Crippen molar-refractivity contribution in [3.05, 3.63) is 34.9 Å². The van der Waals surface area contributed by atoms with Crippen LogP contribution in [0.3, 0.4) is 0 Å². The van der Waals surface area contributed by atoms with E-state index in [2.05, 4.69) is 0 Å². The number of aliphatic hydroxyl groups is 1. The third kappa shape index (κ3) is 3.61. The van der Waals surface area contributed by atoms with Crippen molar-refractivity contribution < 1.29 is 18.6 Å². The molecule has 0 bridgehead atoms. The fourth-order valence-corrected chi connectivity index (χ4v) is 3.21. The van der Waals surface area contributed by atoms with E-state index in [0.29, 0.717) is 6.61 Å². The maximum Gasteiger partial charge on any atom is 0.164 e. The van der Waals surface area contributed by atoms with E-state index in [0.717, 1.165) is 25.7 Å². The summed E-state index contributed by atoms with van der Waals surface area (Å²) in [5.74, 6) is -1.63. The van der Waals surface area contributed by atoms with Crippen LogP contribution >= 0.6 is 0 Å². The normalized spacial score (nSPS) is 19.5. The SMILES string of the molecule is CCOC(C1CCCCC1)C(O)c1ccc(C)c(F)c1F. The van der Waals surface area contributed by atoms with Gasteiger partial charge in [-0.25, -0.2) is 8.78 Å². The van der Waals surface area contributed by atoms with E-state index in [1.165, 1.54) is 25.5 Å². The van der Waals surface area contributed by atoms with Crippen LogP contribution in [0, 0.1) is 24.5 Å². The highest BCUT2D eigenvalue weighted by Crippen LogP contribution is 2.35. The van der Waals surface area contributed by atoms with Crippen LogP contribution in [0.1, 0.15) is 56.3 Å². The van der Waals surface area contributed by atoms with Crippen molar-refractivity contribution in [3.63, 3.8) is 0 Å². The van der Waals surface area contributed by atoms with Gasteiger partial charge in [0.15, 0.2) is 11.6 Å². The molecule has 0 heterocycles. The molecule has 1 aromatic carbocycles. The molecular formula is C17H24F2O2. The van der Waals surface area contributed by atoms with Gasteiger partial charge >= 0.3 is 0 Å². The zero-order valence-corrected chi connectivity index (χ0v) is 12.7. The average Bonchev–Trinajstić information content (AvgIpc) is 2.51. The van der Waals surface area contributed by atoms with Gasteiger partial charge in [-0.1, -0.05) is 31.4 Å². The molecule has 1 N–H and O–H groups in total. The number of aliphatic hydroxyl groups excluding tert-OH is 1. The number of halogens is 2. The summed E-state index contributed by atoms with van der Waals surface area (Å²) in [4.78, 5) is 0. The highest BCUT2D eigenvalue weighted by Gasteiger charge is 2.33. The van der Waals surface area contributed by atoms with Gasteiger partial charge in [0.1, 0.15) is 6.10 Å². The van der Waals surface area contributed by atoms with Crippen LogP contribution in [0.4, 0.5) is 8.78 Å². The predicted molar refractivity (Wildman–Crippen MR) is 78.0 cm³/mol. The van der Waals surface area contributed by atoms with Gasteiger partial charge < -0.3 is 9.84 Å². The minimum atomic E-state index is -1.12. The molecule has 1 aliphatic rings. The molecule has 1 aliphatic carbocycles. The average molecular weight is 298 g/mol. The molecule has 0 saturated heterocycles. The van der Waals surface area contributed by atoms with Crippen molar-refractivity contribution >= 4 is 0 Å². The second-order valence-electron chi connectivity index (χ2n) is 5.86. The first-order valence-electron chi connectivity index (χ1n) is 7.80. The van der Waals surface area contributed by atoms with Crippen LogP contribution in [-0.4, -0.2) is 17.8 Å². The topological polar surface area (TPSA) is 29.5 Å². The van der Waals surface area contributed by atoms with Gasteiger partial charge in [-0.15, -0.1) is 0 Å². The Morgan fingerprint density at radius 2 is 1.86 bits per heavy atom. The first-order valence-corrected chi connectivity index (χ1v) is 7.80. The molecule has 118 valence electrons. The third-order valence-electron chi connectivity index (χ3n) is 4.41. The van der Waals surface area contributed by atoms with Crippen LogP contribution < -0.4 is 0 Å². The monoisotopic (exact) mass is 298 g/mol. The van der Waals surface area contributed by atoms with Crippen molar-refractivity contribution in [2.75, 3.05) is 6.61 Å². The Bertz CT molecular complexity index is 470. The van der Waals surface area contributed by atoms with Gasteiger partial charge in [0.05, 0.1) is 6.10 Å². The first-order chi connectivity index (χ1) is 10.1. The van der Waals surface area contributed by atoms with Gasteiger partial charge in [-0.3, -0.25) is 0 Å². The number of hydrogen-bond acceptors (Lipinski definition) is 2. The molecule has 1 saturated carbocycles. The summed E-state index contributed by atoms with van der Waals surface area (Å²) in [5.41, 5.74) is 0.246. The number of ether oxygens (including phenoxy) is 1. The van der Waals surface area contributed by atoms with E-state index in [1.54, 1.807) is 0 Å². The Morgan fingerprint density at radius 1 is 1.19 bits per heavy atom. The molecule has 21 heavy (non-hydrogen) atoms. The fraction of sp³-hybridized carbons (Fsp3) is 0.647. The van der Waals surface area contributed by atoms with Crippen LogP contribution in [0.2, 0.25) is 0 Å². The lowest BCUT2D eigenvalue weighted by atomic mass is 9.81. The van der Waals surface area contributed by atoms with E-state index in [1.807, 2.05) is 6.92 Å². The lowest BCUT2D eigenvalue weighted by Crippen LogP contribution is -2.33. The second-order valence-corrected chi connectivity index (χ2v) is 5.86. The van der Waals surface area contributed by atoms with E-state index < -0.39 is 23.8 Å². The highest BCUT2D eigenvalue weighted by atomic mass is 19.2. The molecule has 0 amide bonds. The maximum atomic E-state index is 14.1. The molecule has 0 radical (unpaired) electrons. The highest BCUT2D eigenvalue weighted by molar-refractivity contribution is 5.27. The molecule has 1 fully saturated rings. The van der Waals surface area contributed by atoms with Gasteiger partial charge in [-0.2, -0.15) is 0 Å². The Hall–Kier alpha value is -1.00. The number of benzene rings is 1.